The molecule has 0 aliphatic rings. The lowest BCUT2D eigenvalue weighted by Crippen LogP contribution is -2.51. The first kappa shape index (κ1) is 28.2. The molecule has 0 saturated carbocycles. The Morgan fingerprint density at radius 1 is 1.22 bits per heavy atom. The third kappa shape index (κ3) is 6.32. The topological polar surface area (TPSA) is 88.8 Å². The van der Waals surface area contributed by atoms with Crippen LogP contribution in [0.25, 0.3) is 5.65 Å². The number of imidazole rings is 1. The Balaban J connectivity index is 1.89. The second-order valence-corrected chi connectivity index (χ2v) is 9.26. The fraction of sp³-hybridized carbons (Fsp3) is 0.458. The number of nitrogens with one attached hydrogen (secondary N) is 1. The van der Waals surface area contributed by atoms with Crippen LogP contribution in [0.2, 0.25) is 0 Å². The number of aryl methyl sites for hydroxylation is 2. The zero-order chi connectivity index (χ0) is 27.8. The summed E-state index contributed by atoms with van der Waals surface area (Å²) in [5, 5.41) is 12.7. The lowest BCUT2D eigenvalue weighted by Gasteiger charge is -2.31. The van der Waals surface area contributed by atoms with Gasteiger partial charge in [0.05, 0.1) is 17.3 Å². The van der Waals surface area contributed by atoms with Crippen molar-refractivity contribution in [3.8, 4) is 5.75 Å². The number of pyridine rings is 2. The van der Waals surface area contributed by atoms with Crippen LogP contribution >= 0.6 is 0 Å². The molecule has 0 aromatic carbocycles. The molecule has 0 spiro atoms. The highest BCUT2D eigenvalue weighted by atomic mass is 19.4. The van der Waals surface area contributed by atoms with Gasteiger partial charge in [-0.1, -0.05) is 0 Å². The minimum Gasteiger partial charge on any atom is -0.483 e. The smallest absolute Gasteiger partial charge is 0.453 e. The van der Waals surface area contributed by atoms with Crippen molar-refractivity contribution in [1.29, 1.82) is 0 Å². The van der Waals surface area contributed by atoms with Crippen molar-refractivity contribution in [2.24, 2.45) is 0 Å². The van der Waals surface area contributed by atoms with Crippen LogP contribution in [0.5, 0.6) is 5.75 Å². The van der Waals surface area contributed by atoms with E-state index < -0.39 is 48.3 Å². The second-order valence-electron chi connectivity index (χ2n) is 9.26. The summed E-state index contributed by atoms with van der Waals surface area (Å²) in [5.74, 6) is -6.20. The number of carbonyl (C=O) groups is 1. The number of aromatic nitrogens is 3. The SMILES string of the molecule is Cc1cc(OCc2ncccc2F)c2nc(C)c(C(=O)NC(CCC(F)(F)C(F)(F)F)C(C)(C)O)n2c1. The molecule has 7 nitrogen and oxygen atoms in total. The van der Waals surface area contributed by atoms with Gasteiger partial charge in [0.25, 0.3) is 5.91 Å². The van der Waals surface area contributed by atoms with E-state index in [9.17, 15) is 36.2 Å². The van der Waals surface area contributed by atoms with Crippen LogP contribution in [0.15, 0.2) is 30.6 Å². The molecule has 1 unspecified atom stereocenters. The van der Waals surface area contributed by atoms with Gasteiger partial charge in [0.2, 0.25) is 0 Å². The average molecular weight is 532 g/mol. The van der Waals surface area contributed by atoms with E-state index in [1.807, 2.05) is 0 Å². The number of hydrogen-bond acceptors (Lipinski definition) is 5. The molecule has 202 valence electrons. The molecule has 1 atom stereocenters. The van der Waals surface area contributed by atoms with E-state index in [0.717, 1.165) is 0 Å². The summed E-state index contributed by atoms with van der Waals surface area (Å²) < 4.78 is 85.9. The number of carbonyl (C=O) groups excluding carboxylic acids is 1. The maximum Gasteiger partial charge on any atom is 0.453 e. The minimum atomic E-state index is -5.76. The van der Waals surface area contributed by atoms with Crippen molar-refractivity contribution in [2.75, 3.05) is 0 Å². The van der Waals surface area contributed by atoms with Crippen molar-refractivity contribution in [3.63, 3.8) is 0 Å². The van der Waals surface area contributed by atoms with Crippen molar-refractivity contribution in [3.05, 3.63) is 59.1 Å². The summed E-state index contributed by atoms with van der Waals surface area (Å²) in [6.45, 7) is 5.35. The number of halogens is 6. The molecular formula is C24H26F6N4O3. The second kappa shape index (κ2) is 10.2. The van der Waals surface area contributed by atoms with Gasteiger partial charge in [-0.2, -0.15) is 22.0 Å². The molecule has 0 saturated heterocycles. The zero-order valence-corrected chi connectivity index (χ0v) is 20.5. The standard InChI is InChI=1S/C24H26F6N4O3/c1-13-10-17(37-12-16-15(25)6-5-9-31-16)20-32-14(2)19(34(20)11-13)21(35)33-18(22(3,4)36)7-8-23(26,27)24(28,29)30/h5-6,9-11,18,36H,7-8,12H2,1-4H3,(H,33,35). The van der Waals surface area contributed by atoms with Crippen molar-refractivity contribution in [2.45, 2.75) is 70.9 Å². The van der Waals surface area contributed by atoms with Crippen LogP contribution in [0.3, 0.4) is 0 Å². The molecule has 0 fully saturated rings. The van der Waals surface area contributed by atoms with E-state index in [0.29, 0.717) is 5.56 Å². The molecule has 3 aromatic heterocycles. The molecule has 0 aliphatic heterocycles. The highest BCUT2D eigenvalue weighted by molar-refractivity contribution is 5.95. The van der Waals surface area contributed by atoms with E-state index >= 15 is 0 Å². The van der Waals surface area contributed by atoms with Crippen molar-refractivity contribution < 1.29 is 41.0 Å². The third-order valence-corrected chi connectivity index (χ3v) is 5.73. The molecule has 0 aliphatic carbocycles. The number of aliphatic hydroxyl groups is 1. The van der Waals surface area contributed by atoms with Gasteiger partial charge in [0, 0.05) is 18.8 Å². The maximum absolute atomic E-state index is 13.9. The Morgan fingerprint density at radius 3 is 2.49 bits per heavy atom. The Kier molecular flexibility index (Phi) is 7.77. The largest absolute Gasteiger partial charge is 0.483 e. The van der Waals surface area contributed by atoms with Gasteiger partial charge < -0.3 is 15.2 Å². The molecule has 3 rings (SSSR count). The van der Waals surface area contributed by atoms with Gasteiger partial charge in [-0.25, -0.2) is 9.37 Å². The van der Waals surface area contributed by atoms with Gasteiger partial charge in [-0.15, -0.1) is 0 Å². The molecule has 3 heterocycles. The van der Waals surface area contributed by atoms with Crippen LogP contribution in [0.1, 0.15) is 54.1 Å². The molecule has 13 heteroatoms. The summed E-state index contributed by atoms with van der Waals surface area (Å²) in [6.07, 6.45) is -5.28. The van der Waals surface area contributed by atoms with E-state index in [1.54, 1.807) is 19.2 Å². The number of amides is 1. The highest BCUT2D eigenvalue weighted by Crippen LogP contribution is 2.39. The van der Waals surface area contributed by atoms with Crippen LogP contribution in [-0.4, -0.2) is 49.1 Å². The Hall–Kier alpha value is -3.35. The fourth-order valence-corrected chi connectivity index (χ4v) is 3.70. The predicted molar refractivity (Wildman–Crippen MR) is 121 cm³/mol. The summed E-state index contributed by atoms with van der Waals surface area (Å²) in [6, 6.07) is 2.83. The number of rotatable bonds is 9. The van der Waals surface area contributed by atoms with Crippen LogP contribution < -0.4 is 10.1 Å². The van der Waals surface area contributed by atoms with E-state index in [2.05, 4.69) is 15.3 Å². The fourth-order valence-electron chi connectivity index (χ4n) is 3.70. The Labute approximate surface area is 208 Å². The highest BCUT2D eigenvalue weighted by Gasteiger charge is 2.57. The summed E-state index contributed by atoms with van der Waals surface area (Å²) in [7, 11) is 0. The molecule has 2 N–H and O–H groups in total. The average Bonchev–Trinajstić information content (AvgIpc) is 3.09. The number of alkyl halides is 5. The molecule has 0 radical (unpaired) electrons. The van der Waals surface area contributed by atoms with E-state index in [4.69, 9.17) is 4.74 Å². The molecule has 1 amide bonds. The third-order valence-electron chi connectivity index (χ3n) is 5.73. The molecule has 37 heavy (non-hydrogen) atoms. The number of hydrogen-bond donors (Lipinski definition) is 2. The maximum atomic E-state index is 13.9. The van der Waals surface area contributed by atoms with Crippen molar-refractivity contribution in [1.82, 2.24) is 19.7 Å². The quantitative estimate of drug-likeness (QED) is 0.383. The number of ether oxygens (including phenoxy) is 1. The first-order valence-corrected chi connectivity index (χ1v) is 11.2. The van der Waals surface area contributed by atoms with Gasteiger partial charge in [0.15, 0.2) is 11.4 Å². The van der Waals surface area contributed by atoms with Crippen LogP contribution in [-0.2, 0) is 6.61 Å². The minimum absolute atomic E-state index is 0.0376. The van der Waals surface area contributed by atoms with Gasteiger partial charge >= 0.3 is 12.1 Å². The van der Waals surface area contributed by atoms with Crippen LogP contribution in [0.4, 0.5) is 26.3 Å². The summed E-state index contributed by atoms with van der Waals surface area (Å²) in [5.41, 5.74) is -0.793. The summed E-state index contributed by atoms with van der Waals surface area (Å²) in [4.78, 5) is 21.4. The Morgan fingerprint density at radius 2 is 1.89 bits per heavy atom. The lowest BCUT2D eigenvalue weighted by atomic mass is 9.92. The van der Waals surface area contributed by atoms with E-state index in [1.165, 1.54) is 43.5 Å². The molecule has 3 aromatic rings. The lowest BCUT2D eigenvalue weighted by molar-refractivity contribution is -0.285. The first-order chi connectivity index (χ1) is 17.0. The molecule has 0 bridgehead atoms. The normalized spacial score (nSPS) is 13.6. The van der Waals surface area contributed by atoms with Gasteiger partial charge in [-0.3, -0.25) is 14.2 Å². The van der Waals surface area contributed by atoms with Crippen molar-refractivity contribution >= 4 is 11.6 Å². The van der Waals surface area contributed by atoms with E-state index in [-0.39, 0.29) is 35.1 Å². The summed E-state index contributed by atoms with van der Waals surface area (Å²) >= 11 is 0. The monoisotopic (exact) mass is 532 g/mol. The van der Waals surface area contributed by atoms with Gasteiger partial charge in [-0.05, 0) is 57.9 Å². The number of fused-ring (bicyclic) bond motifs is 1. The van der Waals surface area contributed by atoms with Gasteiger partial charge in [0.1, 0.15) is 23.8 Å². The zero-order valence-electron chi connectivity index (χ0n) is 20.5. The number of nitrogens with zero attached hydrogens (tertiary/aromatic N) is 3. The first-order valence-electron chi connectivity index (χ1n) is 11.2. The predicted octanol–water partition coefficient (Wildman–Crippen LogP) is 4.91. The van der Waals surface area contributed by atoms with Crippen LogP contribution in [0, 0.1) is 19.7 Å². The Bertz CT molecular complexity index is 1280. The molecular weight excluding hydrogens is 506 g/mol.